The fraction of sp³-hybridized carbons (Fsp3) is 0.923. The third kappa shape index (κ3) is 5.04. The summed E-state index contributed by atoms with van der Waals surface area (Å²) in [5.74, 6) is 0.275. The van der Waals surface area contributed by atoms with E-state index in [9.17, 15) is 9.90 Å². The summed E-state index contributed by atoms with van der Waals surface area (Å²) >= 11 is 0. The Morgan fingerprint density at radius 2 is 2.00 bits per heavy atom. The number of nitrogens with one attached hydrogen (secondary N) is 1. The molecule has 0 saturated heterocycles. The summed E-state index contributed by atoms with van der Waals surface area (Å²) < 4.78 is 0. The lowest BCUT2D eigenvalue weighted by molar-refractivity contribution is -0.123. The molecular formula is C13H26N2O2. The molecule has 1 aliphatic carbocycles. The monoisotopic (exact) mass is 242 g/mol. The minimum atomic E-state index is -0.392. The molecule has 0 aromatic rings. The Morgan fingerprint density at radius 3 is 2.65 bits per heavy atom. The van der Waals surface area contributed by atoms with Crippen LogP contribution in [0.2, 0.25) is 0 Å². The third-order valence-electron chi connectivity index (χ3n) is 3.60. The highest BCUT2D eigenvalue weighted by atomic mass is 16.3. The summed E-state index contributed by atoms with van der Waals surface area (Å²) in [6.45, 7) is 4.02. The lowest BCUT2D eigenvalue weighted by atomic mass is 10.0. The van der Waals surface area contributed by atoms with Gasteiger partial charge in [-0.05, 0) is 18.8 Å². The van der Waals surface area contributed by atoms with Crippen molar-refractivity contribution in [1.82, 2.24) is 5.32 Å². The van der Waals surface area contributed by atoms with E-state index in [1.807, 2.05) is 13.8 Å². The van der Waals surface area contributed by atoms with Gasteiger partial charge in [-0.25, -0.2) is 0 Å². The van der Waals surface area contributed by atoms with E-state index in [0.717, 1.165) is 32.1 Å². The van der Waals surface area contributed by atoms with Crippen molar-refractivity contribution in [2.75, 3.05) is 0 Å². The first-order valence-electron chi connectivity index (χ1n) is 6.73. The van der Waals surface area contributed by atoms with E-state index in [1.54, 1.807) is 0 Å². The molecule has 4 N–H and O–H groups in total. The lowest BCUT2D eigenvalue weighted by Gasteiger charge is -2.23. The topological polar surface area (TPSA) is 75.4 Å². The van der Waals surface area contributed by atoms with E-state index < -0.39 is 6.10 Å². The van der Waals surface area contributed by atoms with Gasteiger partial charge in [0.15, 0.2) is 0 Å². The highest BCUT2D eigenvalue weighted by Crippen LogP contribution is 2.18. The van der Waals surface area contributed by atoms with Crippen LogP contribution in [0.4, 0.5) is 0 Å². The molecular weight excluding hydrogens is 216 g/mol. The van der Waals surface area contributed by atoms with Crippen LogP contribution in [0.3, 0.4) is 0 Å². The first-order chi connectivity index (χ1) is 8.00. The molecule has 1 fully saturated rings. The van der Waals surface area contributed by atoms with Crippen LogP contribution >= 0.6 is 0 Å². The Morgan fingerprint density at radius 1 is 1.35 bits per heavy atom. The van der Waals surface area contributed by atoms with Crippen molar-refractivity contribution in [1.29, 1.82) is 0 Å². The maximum atomic E-state index is 11.8. The van der Waals surface area contributed by atoms with Gasteiger partial charge in [-0.2, -0.15) is 0 Å². The Hall–Kier alpha value is -0.610. The van der Waals surface area contributed by atoms with Crippen LogP contribution in [-0.4, -0.2) is 29.2 Å². The Kier molecular flexibility index (Phi) is 5.92. The average molecular weight is 242 g/mol. The molecule has 1 saturated carbocycles. The number of hydrogen-bond donors (Lipinski definition) is 3. The maximum Gasteiger partial charge on any atom is 0.221 e. The van der Waals surface area contributed by atoms with Gasteiger partial charge in [0.05, 0.1) is 12.1 Å². The molecule has 100 valence electrons. The van der Waals surface area contributed by atoms with Crippen molar-refractivity contribution >= 4 is 5.91 Å². The summed E-state index contributed by atoms with van der Waals surface area (Å²) in [6.07, 6.45) is 4.91. The molecule has 4 nitrogen and oxygen atoms in total. The Labute approximate surface area is 104 Å². The molecule has 1 aliphatic rings. The second-order valence-electron chi connectivity index (χ2n) is 5.49. The normalized spacial score (nSPS) is 27.6. The van der Waals surface area contributed by atoms with Crippen molar-refractivity contribution in [3.8, 4) is 0 Å². The van der Waals surface area contributed by atoms with Gasteiger partial charge in [0.2, 0.25) is 5.91 Å². The second kappa shape index (κ2) is 6.97. The van der Waals surface area contributed by atoms with E-state index in [2.05, 4.69) is 5.32 Å². The molecule has 3 unspecified atom stereocenters. The summed E-state index contributed by atoms with van der Waals surface area (Å²) in [5, 5.41) is 12.8. The smallest absolute Gasteiger partial charge is 0.221 e. The van der Waals surface area contributed by atoms with Gasteiger partial charge in [-0.1, -0.05) is 33.1 Å². The van der Waals surface area contributed by atoms with E-state index in [-0.39, 0.29) is 18.0 Å². The first-order valence-corrected chi connectivity index (χ1v) is 6.73. The van der Waals surface area contributed by atoms with E-state index >= 15 is 0 Å². The molecule has 0 aliphatic heterocycles. The summed E-state index contributed by atoms with van der Waals surface area (Å²) in [7, 11) is 0. The number of rotatable bonds is 4. The summed E-state index contributed by atoms with van der Waals surface area (Å²) in [4.78, 5) is 11.8. The molecule has 3 atom stereocenters. The van der Waals surface area contributed by atoms with Crippen LogP contribution in [0.5, 0.6) is 0 Å². The van der Waals surface area contributed by atoms with Crippen LogP contribution in [0.1, 0.15) is 52.4 Å². The highest BCUT2D eigenvalue weighted by Gasteiger charge is 2.24. The zero-order chi connectivity index (χ0) is 12.8. The number of aliphatic hydroxyl groups is 1. The SMILES string of the molecule is CC(C)C(N)CC(=O)NC1CCCCCC1O. The van der Waals surface area contributed by atoms with E-state index in [0.29, 0.717) is 12.3 Å². The first kappa shape index (κ1) is 14.5. The number of nitrogens with two attached hydrogens (primary N) is 1. The standard InChI is InChI=1S/C13H26N2O2/c1-9(2)10(14)8-13(17)15-11-6-4-3-5-7-12(11)16/h9-12,16H,3-8,14H2,1-2H3,(H,15,17). The van der Waals surface area contributed by atoms with Gasteiger partial charge < -0.3 is 16.2 Å². The number of amides is 1. The van der Waals surface area contributed by atoms with Gasteiger partial charge in [0.1, 0.15) is 0 Å². The molecule has 1 rings (SSSR count). The molecule has 0 heterocycles. The third-order valence-corrected chi connectivity index (χ3v) is 3.60. The summed E-state index contributed by atoms with van der Waals surface area (Å²) in [5.41, 5.74) is 5.86. The van der Waals surface area contributed by atoms with Crippen molar-refractivity contribution in [2.45, 2.75) is 70.6 Å². The minimum Gasteiger partial charge on any atom is -0.391 e. The molecule has 0 spiro atoms. The van der Waals surface area contributed by atoms with Crippen LogP contribution in [0, 0.1) is 5.92 Å². The molecule has 0 aromatic carbocycles. The van der Waals surface area contributed by atoms with Crippen molar-refractivity contribution < 1.29 is 9.90 Å². The van der Waals surface area contributed by atoms with Gasteiger partial charge in [0, 0.05) is 12.5 Å². The molecule has 1 amide bonds. The van der Waals surface area contributed by atoms with Crippen LogP contribution < -0.4 is 11.1 Å². The van der Waals surface area contributed by atoms with Gasteiger partial charge >= 0.3 is 0 Å². The fourth-order valence-electron chi connectivity index (χ4n) is 2.17. The largest absolute Gasteiger partial charge is 0.391 e. The molecule has 0 aromatic heterocycles. The number of aliphatic hydroxyl groups excluding tert-OH is 1. The minimum absolute atomic E-state index is 0.0304. The lowest BCUT2D eigenvalue weighted by Crippen LogP contribution is -2.45. The quantitative estimate of drug-likeness (QED) is 0.648. The highest BCUT2D eigenvalue weighted by molar-refractivity contribution is 5.77. The zero-order valence-electron chi connectivity index (χ0n) is 11.0. The fourth-order valence-corrected chi connectivity index (χ4v) is 2.17. The van der Waals surface area contributed by atoms with Crippen LogP contribution in [0.15, 0.2) is 0 Å². The Balaban J connectivity index is 2.38. The molecule has 17 heavy (non-hydrogen) atoms. The number of carbonyl (C=O) groups excluding carboxylic acids is 1. The predicted octanol–water partition coefficient (Wildman–Crippen LogP) is 1.17. The number of carbonyl (C=O) groups is 1. The van der Waals surface area contributed by atoms with Gasteiger partial charge in [0.25, 0.3) is 0 Å². The average Bonchev–Trinajstić information content (AvgIpc) is 2.44. The number of hydrogen-bond acceptors (Lipinski definition) is 3. The zero-order valence-corrected chi connectivity index (χ0v) is 11.0. The van der Waals surface area contributed by atoms with Gasteiger partial charge in [-0.15, -0.1) is 0 Å². The second-order valence-corrected chi connectivity index (χ2v) is 5.49. The molecule has 4 heteroatoms. The molecule has 0 bridgehead atoms. The van der Waals surface area contributed by atoms with Crippen LogP contribution in [0.25, 0.3) is 0 Å². The maximum absolute atomic E-state index is 11.8. The van der Waals surface area contributed by atoms with Gasteiger partial charge in [-0.3, -0.25) is 4.79 Å². The van der Waals surface area contributed by atoms with E-state index in [1.165, 1.54) is 0 Å². The Bertz CT molecular complexity index is 244. The van der Waals surface area contributed by atoms with E-state index in [4.69, 9.17) is 5.73 Å². The van der Waals surface area contributed by atoms with Crippen LogP contribution in [-0.2, 0) is 4.79 Å². The molecule has 0 radical (unpaired) electrons. The summed E-state index contributed by atoms with van der Waals surface area (Å²) in [6, 6.07) is -0.178. The van der Waals surface area contributed by atoms with Crippen molar-refractivity contribution in [3.63, 3.8) is 0 Å². The predicted molar refractivity (Wildman–Crippen MR) is 68.5 cm³/mol. The van der Waals surface area contributed by atoms with Crippen molar-refractivity contribution in [3.05, 3.63) is 0 Å². The van der Waals surface area contributed by atoms with Crippen molar-refractivity contribution in [2.24, 2.45) is 11.7 Å².